The number of carbonyl (C=O) groups excluding carboxylic acids is 1. The first-order valence-corrected chi connectivity index (χ1v) is 7.11. The van der Waals surface area contributed by atoms with Crippen LogP contribution < -0.4 is 10.6 Å². The van der Waals surface area contributed by atoms with Gasteiger partial charge in [0.15, 0.2) is 0 Å². The van der Waals surface area contributed by atoms with E-state index in [0.29, 0.717) is 11.9 Å². The third-order valence-electron chi connectivity index (χ3n) is 4.47. The quantitative estimate of drug-likeness (QED) is 0.773. The van der Waals surface area contributed by atoms with Crippen LogP contribution in [0.1, 0.15) is 52.4 Å². The van der Waals surface area contributed by atoms with Crippen molar-refractivity contribution in [3.8, 4) is 0 Å². The van der Waals surface area contributed by atoms with E-state index >= 15 is 0 Å². The summed E-state index contributed by atoms with van der Waals surface area (Å²) in [5.74, 6) is 0.515. The molecule has 1 aliphatic carbocycles. The smallest absolute Gasteiger partial charge is 0.223 e. The van der Waals surface area contributed by atoms with E-state index in [1.165, 1.54) is 25.7 Å². The van der Waals surface area contributed by atoms with Crippen LogP contribution in [0.3, 0.4) is 0 Å². The van der Waals surface area contributed by atoms with E-state index in [9.17, 15) is 4.79 Å². The van der Waals surface area contributed by atoms with Crippen molar-refractivity contribution in [1.29, 1.82) is 0 Å². The fraction of sp³-hybridized carbons (Fsp3) is 0.929. The molecule has 0 aromatic heterocycles. The van der Waals surface area contributed by atoms with Crippen molar-refractivity contribution in [3.05, 3.63) is 0 Å². The second kappa shape index (κ2) is 5.38. The zero-order chi connectivity index (χ0) is 12.3. The van der Waals surface area contributed by atoms with Gasteiger partial charge in [0.05, 0.1) is 0 Å². The van der Waals surface area contributed by atoms with Gasteiger partial charge in [0.2, 0.25) is 5.91 Å². The molecule has 0 radical (unpaired) electrons. The number of hydrogen-bond acceptors (Lipinski definition) is 2. The lowest BCUT2D eigenvalue weighted by Crippen LogP contribution is -2.50. The summed E-state index contributed by atoms with van der Waals surface area (Å²) in [5, 5.41) is 6.59. The predicted molar refractivity (Wildman–Crippen MR) is 69.8 cm³/mol. The lowest BCUT2D eigenvalue weighted by molar-refractivity contribution is -0.131. The van der Waals surface area contributed by atoms with Gasteiger partial charge >= 0.3 is 0 Å². The molecule has 1 aliphatic heterocycles. The third kappa shape index (κ3) is 3.21. The molecule has 1 saturated heterocycles. The number of nitrogens with one attached hydrogen (secondary N) is 2. The fourth-order valence-corrected chi connectivity index (χ4v) is 3.26. The van der Waals surface area contributed by atoms with Crippen LogP contribution in [0.25, 0.3) is 0 Å². The number of carbonyl (C=O) groups is 1. The van der Waals surface area contributed by atoms with Gasteiger partial charge in [-0.05, 0) is 37.6 Å². The Morgan fingerprint density at radius 1 is 1.24 bits per heavy atom. The molecule has 1 amide bonds. The Kier molecular flexibility index (Phi) is 4.08. The maximum Gasteiger partial charge on any atom is 0.223 e. The first kappa shape index (κ1) is 12.9. The van der Waals surface area contributed by atoms with Crippen molar-refractivity contribution < 1.29 is 4.79 Å². The van der Waals surface area contributed by atoms with E-state index in [0.717, 1.165) is 25.9 Å². The Hall–Kier alpha value is -0.570. The van der Waals surface area contributed by atoms with Crippen molar-refractivity contribution in [1.82, 2.24) is 10.6 Å². The first-order chi connectivity index (χ1) is 8.09. The maximum atomic E-state index is 12.3. The van der Waals surface area contributed by atoms with Gasteiger partial charge in [-0.15, -0.1) is 0 Å². The van der Waals surface area contributed by atoms with Crippen molar-refractivity contribution in [3.63, 3.8) is 0 Å². The highest BCUT2D eigenvalue weighted by molar-refractivity contribution is 5.79. The molecule has 2 aliphatic rings. The van der Waals surface area contributed by atoms with Crippen LogP contribution in [0.15, 0.2) is 0 Å². The molecule has 0 aromatic rings. The van der Waals surface area contributed by atoms with Crippen LogP contribution in [-0.4, -0.2) is 25.0 Å². The Balaban J connectivity index is 1.89. The van der Waals surface area contributed by atoms with E-state index in [4.69, 9.17) is 0 Å². The standard InChI is InChI=1S/C14H26N2O/c1-14(2)8-4-3-7-12(14)13(17)16-11-6-5-9-15-10-11/h11-12,15H,3-10H2,1-2H3,(H,16,17)/t11-,12?/m0/s1. The number of amides is 1. The molecule has 0 spiro atoms. The Labute approximate surface area is 105 Å². The molecule has 98 valence electrons. The molecule has 2 N–H and O–H groups in total. The van der Waals surface area contributed by atoms with Crippen molar-refractivity contribution >= 4 is 5.91 Å². The molecule has 1 unspecified atom stereocenters. The van der Waals surface area contributed by atoms with E-state index in [1.54, 1.807) is 0 Å². The lowest BCUT2D eigenvalue weighted by Gasteiger charge is -2.38. The van der Waals surface area contributed by atoms with Gasteiger partial charge in [-0.3, -0.25) is 4.79 Å². The van der Waals surface area contributed by atoms with E-state index in [2.05, 4.69) is 24.5 Å². The molecule has 2 atom stereocenters. The predicted octanol–water partition coefficient (Wildman–Crippen LogP) is 2.07. The van der Waals surface area contributed by atoms with Gasteiger partial charge in [-0.25, -0.2) is 0 Å². The summed E-state index contributed by atoms with van der Waals surface area (Å²) in [6.45, 7) is 6.53. The Bertz CT molecular complexity index is 269. The number of piperidine rings is 1. The lowest BCUT2D eigenvalue weighted by atomic mass is 9.68. The molecule has 2 fully saturated rings. The van der Waals surface area contributed by atoms with Crippen LogP contribution in [0.5, 0.6) is 0 Å². The average molecular weight is 238 g/mol. The van der Waals surface area contributed by atoms with Crippen LogP contribution in [-0.2, 0) is 4.79 Å². The molecule has 0 bridgehead atoms. The third-order valence-corrected chi connectivity index (χ3v) is 4.47. The summed E-state index contributed by atoms with van der Waals surface area (Å²) < 4.78 is 0. The van der Waals surface area contributed by atoms with Crippen LogP contribution in [0.4, 0.5) is 0 Å². The molecule has 3 heteroatoms. The van der Waals surface area contributed by atoms with E-state index < -0.39 is 0 Å². The average Bonchev–Trinajstić information content (AvgIpc) is 2.29. The highest BCUT2D eigenvalue weighted by Crippen LogP contribution is 2.40. The highest BCUT2D eigenvalue weighted by Gasteiger charge is 2.37. The highest BCUT2D eigenvalue weighted by atomic mass is 16.2. The fourth-order valence-electron chi connectivity index (χ4n) is 3.26. The Morgan fingerprint density at radius 2 is 2.06 bits per heavy atom. The second-order valence-electron chi connectivity index (χ2n) is 6.34. The van der Waals surface area contributed by atoms with E-state index in [-0.39, 0.29) is 11.3 Å². The zero-order valence-corrected chi connectivity index (χ0v) is 11.2. The molecule has 3 nitrogen and oxygen atoms in total. The molecular weight excluding hydrogens is 212 g/mol. The minimum atomic E-state index is 0.185. The van der Waals surface area contributed by atoms with Gasteiger partial charge in [-0.2, -0.15) is 0 Å². The maximum absolute atomic E-state index is 12.3. The summed E-state index contributed by atoms with van der Waals surface area (Å²) in [7, 11) is 0. The molecule has 0 aromatic carbocycles. The monoisotopic (exact) mass is 238 g/mol. The molecule has 1 saturated carbocycles. The molecule has 17 heavy (non-hydrogen) atoms. The van der Waals surface area contributed by atoms with Gasteiger partial charge in [0, 0.05) is 18.5 Å². The molecule has 2 rings (SSSR count). The van der Waals surface area contributed by atoms with Gasteiger partial charge in [0.1, 0.15) is 0 Å². The minimum Gasteiger partial charge on any atom is -0.352 e. The topological polar surface area (TPSA) is 41.1 Å². The minimum absolute atomic E-state index is 0.185. The van der Waals surface area contributed by atoms with Crippen molar-refractivity contribution in [2.75, 3.05) is 13.1 Å². The van der Waals surface area contributed by atoms with Gasteiger partial charge < -0.3 is 10.6 Å². The van der Waals surface area contributed by atoms with Gasteiger partial charge in [0.25, 0.3) is 0 Å². The number of rotatable bonds is 2. The van der Waals surface area contributed by atoms with Crippen molar-refractivity contribution in [2.24, 2.45) is 11.3 Å². The summed E-state index contributed by atoms with van der Waals surface area (Å²) in [4.78, 5) is 12.3. The van der Waals surface area contributed by atoms with Gasteiger partial charge in [-0.1, -0.05) is 26.7 Å². The summed E-state index contributed by atoms with van der Waals surface area (Å²) >= 11 is 0. The Morgan fingerprint density at radius 3 is 2.71 bits per heavy atom. The summed E-state index contributed by atoms with van der Waals surface area (Å²) in [5.41, 5.74) is 0.185. The first-order valence-electron chi connectivity index (χ1n) is 7.11. The SMILES string of the molecule is CC1(C)CCCCC1C(=O)N[C@H]1CCCNC1. The van der Waals surface area contributed by atoms with Crippen LogP contribution in [0.2, 0.25) is 0 Å². The molecule has 1 heterocycles. The summed E-state index contributed by atoms with van der Waals surface area (Å²) in [6, 6.07) is 0.356. The van der Waals surface area contributed by atoms with Crippen LogP contribution in [0, 0.1) is 11.3 Å². The normalized spacial score (nSPS) is 33.1. The van der Waals surface area contributed by atoms with Crippen molar-refractivity contribution in [2.45, 2.75) is 58.4 Å². The largest absolute Gasteiger partial charge is 0.352 e. The molecular formula is C14H26N2O. The van der Waals surface area contributed by atoms with Crippen LogP contribution >= 0.6 is 0 Å². The van der Waals surface area contributed by atoms with E-state index in [1.807, 2.05) is 0 Å². The zero-order valence-electron chi connectivity index (χ0n) is 11.2. The second-order valence-corrected chi connectivity index (χ2v) is 6.34. The number of hydrogen-bond donors (Lipinski definition) is 2. The summed E-state index contributed by atoms with van der Waals surface area (Å²) in [6.07, 6.45) is 7.06.